The molecule has 1 amide bonds. The standard InChI is InChI=1S/C18H22N4OS/c1-12(17(23)19-15-9-10-15)24-18-21-20-16(14-7-8-14)22(18)11-13-5-3-2-4-6-13/h2-6,12,14-15H,7-11H2,1H3,(H,19,23)/t12-/m0/s1. The van der Waals surface area contributed by atoms with Crippen molar-refractivity contribution in [3.05, 3.63) is 41.7 Å². The van der Waals surface area contributed by atoms with E-state index in [1.54, 1.807) is 0 Å². The molecule has 1 aromatic heterocycles. The third-order valence-corrected chi connectivity index (χ3v) is 5.53. The highest BCUT2D eigenvalue weighted by Gasteiger charge is 2.32. The van der Waals surface area contributed by atoms with Gasteiger partial charge in [0.05, 0.1) is 11.8 Å². The zero-order valence-corrected chi connectivity index (χ0v) is 14.6. The summed E-state index contributed by atoms with van der Waals surface area (Å²) in [5, 5.41) is 12.6. The number of benzene rings is 1. The minimum absolute atomic E-state index is 0.102. The maximum atomic E-state index is 12.2. The van der Waals surface area contributed by atoms with Crippen LogP contribution in [-0.4, -0.2) is 32.0 Å². The van der Waals surface area contributed by atoms with Crippen LogP contribution in [0.25, 0.3) is 0 Å². The lowest BCUT2D eigenvalue weighted by molar-refractivity contribution is -0.120. The molecule has 2 saturated carbocycles. The summed E-state index contributed by atoms with van der Waals surface area (Å²) in [5.74, 6) is 1.70. The van der Waals surface area contributed by atoms with Crippen LogP contribution in [0.5, 0.6) is 0 Å². The second kappa shape index (κ2) is 6.59. The number of nitrogens with one attached hydrogen (secondary N) is 1. The minimum atomic E-state index is -0.156. The molecule has 1 atom stereocenters. The number of amides is 1. The summed E-state index contributed by atoms with van der Waals surface area (Å²) in [7, 11) is 0. The molecule has 2 aliphatic carbocycles. The van der Waals surface area contributed by atoms with Gasteiger partial charge in [-0.3, -0.25) is 4.79 Å². The van der Waals surface area contributed by atoms with Gasteiger partial charge >= 0.3 is 0 Å². The van der Waals surface area contributed by atoms with Crippen molar-refractivity contribution in [3.8, 4) is 0 Å². The van der Waals surface area contributed by atoms with Gasteiger partial charge in [0.1, 0.15) is 5.82 Å². The van der Waals surface area contributed by atoms with Gasteiger partial charge in [0.25, 0.3) is 0 Å². The molecule has 0 spiro atoms. The topological polar surface area (TPSA) is 59.8 Å². The average molecular weight is 342 g/mol. The van der Waals surface area contributed by atoms with E-state index in [2.05, 4.69) is 44.3 Å². The highest BCUT2D eigenvalue weighted by molar-refractivity contribution is 8.00. The highest BCUT2D eigenvalue weighted by Crippen LogP contribution is 2.40. The SMILES string of the molecule is C[C@H](Sc1nnc(C2CC2)n1Cc1ccccc1)C(=O)NC1CC1. The Bertz CT molecular complexity index is 722. The number of rotatable bonds is 7. The van der Waals surface area contributed by atoms with Gasteiger partial charge in [0.15, 0.2) is 5.16 Å². The van der Waals surface area contributed by atoms with Gasteiger partial charge in [-0.1, -0.05) is 42.1 Å². The van der Waals surface area contributed by atoms with Crippen LogP contribution in [0.2, 0.25) is 0 Å². The fraction of sp³-hybridized carbons (Fsp3) is 0.500. The monoisotopic (exact) mass is 342 g/mol. The zero-order valence-electron chi connectivity index (χ0n) is 13.8. The van der Waals surface area contributed by atoms with Crippen molar-refractivity contribution in [2.75, 3.05) is 0 Å². The lowest BCUT2D eigenvalue weighted by Crippen LogP contribution is -2.32. The Labute approximate surface area is 146 Å². The van der Waals surface area contributed by atoms with Crippen LogP contribution in [0.1, 0.15) is 49.9 Å². The molecule has 126 valence electrons. The number of thioether (sulfide) groups is 1. The lowest BCUT2D eigenvalue weighted by atomic mass is 10.2. The number of aromatic nitrogens is 3. The van der Waals surface area contributed by atoms with Gasteiger partial charge in [0, 0.05) is 12.0 Å². The Morgan fingerprint density at radius 2 is 2.00 bits per heavy atom. The largest absolute Gasteiger partial charge is 0.352 e. The van der Waals surface area contributed by atoms with Crippen LogP contribution < -0.4 is 5.32 Å². The van der Waals surface area contributed by atoms with Crippen LogP contribution in [0.3, 0.4) is 0 Å². The first kappa shape index (κ1) is 15.7. The first-order valence-corrected chi connectivity index (χ1v) is 9.52. The third kappa shape index (κ3) is 3.64. The number of hydrogen-bond donors (Lipinski definition) is 1. The smallest absolute Gasteiger partial charge is 0.233 e. The van der Waals surface area contributed by atoms with Crippen molar-refractivity contribution in [1.82, 2.24) is 20.1 Å². The number of hydrogen-bond acceptors (Lipinski definition) is 4. The van der Waals surface area contributed by atoms with E-state index in [0.29, 0.717) is 12.0 Å². The molecule has 1 heterocycles. The third-order valence-electron chi connectivity index (χ3n) is 4.45. The first-order chi connectivity index (χ1) is 11.7. The van der Waals surface area contributed by atoms with Crippen LogP contribution >= 0.6 is 11.8 Å². The second-order valence-electron chi connectivity index (χ2n) is 6.73. The lowest BCUT2D eigenvalue weighted by Gasteiger charge is -2.13. The molecule has 1 aromatic carbocycles. The molecule has 0 radical (unpaired) electrons. The predicted molar refractivity (Wildman–Crippen MR) is 94.0 cm³/mol. The average Bonchev–Trinajstić information content (AvgIpc) is 3.50. The Morgan fingerprint density at radius 1 is 1.25 bits per heavy atom. The van der Waals surface area contributed by atoms with E-state index in [-0.39, 0.29) is 11.2 Å². The molecular formula is C18H22N4OS. The van der Waals surface area contributed by atoms with E-state index in [9.17, 15) is 4.79 Å². The van der Waals surface area contributed by atoms with Crippen molar-refractivity contribution in [3.63, 3.8) is 0 Å². The fourth-order valence-electron chi connectivity index (χ4n) is 2.70. The summed E-state index contributed by atoms with van der Waals surface area (Å²) in [6.45, 7) is 2.71. The van der Waals surface area contributed by atoms with Crippen LogP contribution in [0.15, 0.2) is 35.5 Å². The van der Waals surface area contributed by atoms with Gasteiger partial charge < -0.3 is 9.88 Å². The molecule has 0 bridgehead atoms. The van der Waals surface area contributed by atoms with Gasteiger partial charge in [-0.05, 0) is 38.2 Å². The summed E-state index contributed by atoms with van der Waals surface area (Å²) in [6, 6.07) is 10.8. The van der Waals surface area contributed by atoms with Crippen LogP contribution in [0, 0.1) is 0 Å². The molecule has 5 nitrogen and oxygen atoms in total. The first-order valence-electron chi connectivity index (χ1n) is 8.65. The van der Waals surface area contributed by atoms with Crippen molar-refractivity contribution >= 4 is 17.7 Å². The van der Waals surface area contributed by atoms with E-state index >= 15 is 0 Å². The molecule has 4 rings (SSSR count). The molecule has 2 aromatic rings. The molecule has 1 N–H and O–H groups in total. The van der Waals surface area contributed by atoms with E-state index < -0.39 is 0 Å². The van der Waals surface area contributed by atoms with E-state index in [4.69, 9.17) is 0 Å². The predicted octanol–water partition coefficient (Wildman–Crippen LogP) is 2.96. The summed E-state index contributed by atoms with van der Waals surface area (Å²) in [4.78, 5) is 12.2. The zero-order chi connectivity index (χ0) is 16.5. The van der Waals surface area contributed by atoms with E-state index in [0.717, 1.165) is 30.4 Å². The van der Waals surface area contributed by atoms with Crippen LogP contribution in [0.4, 0.5) is 0 Å². The van der Waals surface area contributed by atoms with Crippen molar-refractivity contribution in [1.29, 1.82) is 0 Å². The van der Waals surface area contributed by atoms with Crippen molar-refractivity contribution in [2.45, 2.75) is 61.5 Å². The quantitative estimate of drug-likeness (QED) is 0.786. The normalized spacial score (nSPS) is 18.4. The fourth-order valence-corrected chi connectivity index (χ4v) is 3.57. The summed E-state index contributed by atoms with van der Waals surface area (Å²) >= 11 is 1.51. The molecule has 0 aliphatic heterocycles. The Balaban J connectivity index is 1.52. The van der Waals surface area contributed by atoms with Gasteiger partial charge in [-0.25, -0.2) is 0 Å². The molecule has 0 unspecified atom stereocenters. The maximum Gasteiger partial charge on any atom is 0.233 e. The molecule has 24 heavy (non-hydrogen) atoms. The Hall–Kier alpha value is -1.82. The summed E-state index contributed by atoms with van der Waals surface area (Å²) in [5.41, 5.74) is 1.23. The maximum absolute atomic E-state index is 12.2. The van der Waals surface area contributed by atoms with E-state index in [1.165, 1.54) is 30.2 Å². The van der Waals surface area contributed by atoms with Gasteiger partial charge in [0.2, 0.25) is 5.91 Å². The number of carbonyl (C=O) groups is 1. The minimum Gasteiger partial charge on any atom is -0.352 e. The van der Waals surface area contributed by atoms with Crippen molar-refractivity contribution in [2.24, 2.45) is 0 Å². The summed E-state index contributed by atoms with van der Waals surface area (Å²) in [6.07, 6.45) is 4.60. The molecule has 2 aliphatic rings. The van der Waals surface area contributed by atoms with Gasteiger partial charge in [-0.15, -0.1) is 10.2 Å². The Kier molecular flexibility index (Phi) is 4.31. The highest BCUT2D eigenvalue weighted by atomic mass is 32.2. The molecule has 0 saturated heterocycles. The molecule has 6 heteroatoms. The number of carbonyl (C=O) groups excluding carboxylic acids is 1. The van der Waals surface area contributed by atoms with Crippen molar-refractivity contribution < 1.29 is 4.79 Å². The Morgan fingerprint density at radius 3 is 2.67 bits per heavy atom. The number of nitrogens with zero attached hydrogens (tertiary/aromatic N) is 3. The molecular weight excluding hydrogens is 320 g/mol. The van der Waals surface area contributed by atoms with Crippen LogP contribution in [-0.2, 0) is 11.3 Å². The second-order valence-corrected chi connectivity index (χ2v) is 8.04. The van der Waals surface area contributed by atoms with Gasteiger partial charge in [-0.2, -0.15) is 0 Å². The summed E-state index contributed by atoms with van der Waals surface area (Å²) < 4.78 is 2.19. The van der Waals surface area contributed by atoms with E-state index in [1.807, 2.05) is 13.0 Å². The molecule has 2 fully saturated rings.